The number of piperazine rings is 1. The van der Waals surface area contributed by atoms with Crippen LogP contribution in [0.15, 0.2) is 33.6 Å². The van der Waals surface area contributed by atoms with Crippen molar-refractivity contribution in [2.45, 2.75) is 23.8 Å². The summed E-state index contributed by atoms with van der Waals surface area (Å²) in [5, 5.41) is 2.66. The molecular weight excluding hydrogens is 398 g/mol. The molecule has 1 atom stereocenters. The van der Waals surface area contributed by atoms with E-state index in [0.717, 1.165) is 4.47 Å². The van der Waals surface area contributed by atoms with Gasteiger partial charge < -0.3 is 10.2 Å². The Bertz CT molecular complexity index is 742. The smallest absolute Gasteiger partial charge is 0.245 e. The summed E-state index contributed by atoms with van der Waals surface area (Å²) in [5.74, 6) is -0.230. The van der Waals surface area contributed by atoms with Crippen molar-refractivity contribution in [1.29, 1.82) is 0 Å². The Morgan fingerprint density at radius 3 is 2.29 bits per heavy atom. The predicted octanol–water partition coefficient (Wildman–Crippen LogP) is 0.561. The first-order valence-corrected chi connectivity index (χ1v) is 9.95. The number of carbonyl (C=O) groups is 2. The molecule has 2 amide bonds. The van der Waals surface area contributed by atoms with Gasteiger partial charge in [-0.2, -0.15) is 4.31 Å². The quantitative estimate of drug-likeness (QED) is 0.781. The second-order valence-corrected chi connectivity index (χ2v) is 8.70. The van der Waals surface area contributed by atoms with Crippen molar-refractivity contribution < 1.29 is 18.0 Å². The molecule has 3 rings (SSSR count). The van der Waals surface area contributed by atoms with Gasteiger partial charge in [0.2, 0.25) is 21.8 Å². The van der Waals surface area contributed by atoms with Gasteiger partial charge in [0.05, 0.1) is 4.90 Å². The van der Waals surface area contributed by atoms with Crippen molar-refractivity contribution in [3.8, 4) is 0 Å². The maximum Gasteiger partial charge on any atom is 0.245 e. The Hall–Kier alpha value is -1.45. The lowest BCUT2D eigenvalue weighted by Crippen LogP contribution is -2.54. The van der Waals surface area contributed by atoms with Gasteiger partial charge in [-0.1, -0.05) is 15.9 Å². The molecule has 2 fully saturated rings. The van der Waals surface area contributed by atoms with Crippen molar-refractivity contribution in [2.75, 3.05) is 26.2 Å². The third-order valence-corrected chi connectivity index (χ3v) is 6.74. The summed E-state index contributed by atoms with van der Waals surface area (Å²) in [5.41, 5.74) is 0. The number of sulfonamides is 1. The Kier molecular flexibility index (Phi) is 4.93. The van der Waals surface area contributed by atoms with Gasteiger partial charge in [0, 0.05) is 37.1 Å². The van der Waals surface area contributed by atoms with Crippen LogP contribution in [0.25, 0.3) is 0 Å². The standard InChI is InChI=1S/C15H18BrN3O4S/c16-11-1-3-12(4-2-11)24(22,23)19-9-7-18(8-10-19)15(21)13-5-6-14(20)17-13/h1-4,13H,5-10H2,(H,17,20)/t13-/m1/s1. The van der Waals surface area contributed by atoms with Crippen LogP contribution in [0.2, 0.25) is 0 Å². The monoisotopic (exact) mass is 415 g/mol. The van der Waals surface area contributed by atoms with E-state index in [2.05, 4.69) is 21.2 Å². The minimum atomic E-state index is -3.55. The third-order valence-electron chi connectivity index (χ3n) is 4.30. The van der Waals surface area contributed by atoms with E-state index in [1.807, 2.05) is 0 Å². The number of rotatable bonds is 3. The van der Waals surface area contributed by atoms with Gasteiger partial charge in [-0.25, -0.2) is 8.42 Å². The van der Waals surface area contributed by atoms with Crippen LogP contribution in [0, 0.1) is 0 Å². The summed E-state index contributed by atoms with van der Waals surface area (Å²) in [6.07, 6.45) is 0.878. The highest BCUT2D eigenvalue weighted by atomic mass is 79.9. The fraction of sp³-hybridized carbons (Fsp3) is 0.467. The van der Waals surface area contributed by atoms with Crippen molar-refractivity contribution in [2.24, 2.45) is 0 Å². The van der Waals surface area contributed by atoms with Crippen molar-refractivity contribution in [3.05, 3.63) is 28.7 Å². The van der Waals surface area contributed by atoms with Crippen LogP contribution in [0.1, 0.15) is 12.8 Å². The fourth-order valence-corrected chi connectivity index (χ4v) is 4.61. The molecule has 2 aliphatic heterocycles. The molecule has 0 unspecified atom stereocenters. The Morgan fingerprint density at radius 2 is 1.75 bits per heavy atom. The van der Waals surface area contributed by atoms with E-state index in [1.54, 1.807) is 29.2 Å². The van der Waals surface area contributed by atoms with Crippen LogP contribution >= 0.6 is 15.9 Å². The van der Waals surface area contributed by atoms with E-state index in [-0.39, 0.29) is 29.8 Å². The van der Waals surface area contributed by atoms with Gasteiger partial charge in [-0.05, 0) is 30.7 Å². The number of benzene rings is 1. The van der Waals surface area contributed by atoms with Crippen molar-refractivity contribution in [3.63, 3.8) is 0 Å². The molecule has 130 valence electrons. The molecule has 2 aliphatic rings. The van der Waals surface area contributed by atoms with E-state index in [9.17, 15) is 18.0 Å². The number of nitrogens with one attached hydrogen (secondary N) is 1. The predicted molar refractivity (Wildman–Crippen MR) is 90.6 cm³/mol. The highest BCUT2D eigenvalue weighted by Crippen LogP contribution is 2.20. The summed E-state index contributed by atoms with van der Waals surface area (Å²) in [4.78, 5) is 25.5. The molecule has 1 aromatic rings. The highest BCUT2D eigenvalue weighted by molar-refractivity contribution is 9.10. The van der Waals surface area contributed by atoms with E-state index in [4.69, 9.17) is 0 Å². The third kappa shape index (κ3) is 3.47. The second-order valence-electron chi connectivity index (χ2n) is 5.84. The molecular formula is C15H18BrN3O4S. The Labute approximate surface area is 149 Å². The minimum Gasteiger partial charge on any atom is -0.344 e. The molecule has 0 spiro atoms. The lowest BCUT2D eigenvalue weighted by molar-refractivity contribution is -0.135. The Morgan fingerprint density at radius 1 is 1.12 bits per heavy atom. The fourth-order valence-electron chi connectivity index (χ4n) is 2.92. The van der Waals surface area contributed by atoms with Crippen LogP contribution in [0.5, 0.6) is 0 Å². The molecule has 0 aliphatic carbocycles. The summed E-state index contributed by atoms with van der Waals surface area (Å²) in [6.45, 7) is 1.18. The van der Waals surface area contributed by atoms with Gasteiger partial charge in [-0.15, -0.1) is 0 Å². The number of halogens is 1. The summed E-state index contributed by atoms with van der Waals surface area (Å²) < 4.78 is 27.5. The maximum atomic E-state index is 12.6. The van der Waals surface area contributed by atoms with Crippen molar-refractivity contribution >= 4 is 37.8 Å². The molecule has 2 saturated heterocycles. The highest BCUT2D eigenvalue weighted by Gasteiger charge is 2.34. The van der Waals surface area contributed by atoms with Gasteiger partial charge in [0.25, 0.3) is 0 Å². The van der Waals surface area contributed by atoms with E-state index in [0.29, 0.717) is 25.9 Å². The van der Waals surface area contributed by atoms with Crippen molar-refractivity contribution in [1.82, 2.24) is 14.5 Å². The summed E-state index contributed by atoms with van der Waals surface area (Å²) in [7, 11) is -3.55. The summed E-state index contributed by atoms with van der Waals surface area (Å²) >= 11 is 3.29. The topological polar surface area (TPSA) is 86.8 Å². The zero-order valence-corrected chi connectivity index (χ0v) is 15.3. The molecule has 0 aromatic heterocycles. The molecule has 7 nitrogen and oxygen atoms in total. The number of hydrogen-bond acceptors (Lipinski definition) is 4. The van der Waals surface area contributed by atoms with Crippen LogP contribution in [0.4, 0.5) is 0 Å². The van der Waals surface area contributed by atoms with Gasteiger partial charge >= 0.3 is 0 Å². The minimum absolute atomic E-state index is 0.107. The first-order valence-electron chi connectivity index (χ1n) is 7.72. The lowest BCUT2D eigenvalue weighted by Gasteiger charge is -2.35. The van der Waals surface area contributed by atoms with Crippen LogP contribution in [-0.2, 0) is 19.6 Å². The molecule has 2 heterocycles. The zero-order valence-electron chi connectivity index (χ0n) is 12.9. The van der Waals surface area contributed by atoms with Crippen LogP contribution in [0.3, 0.4) is 0 Å². The summed E-state index contributed by atoms with van der Waals surface area (Å²) in [6, 6.07) is 6.04. The largest absolute Gasteiger partial charge is 0.344 e. The first-order chi connectivity index (χ1) is 11.4. The molecule has 9 heteroatoms. The van der Waals surface area contributed by atoms with Crippen LogP contribution in [-0.4, -0.2) is 61.7 Å². The van der Waals surface area contributed by atoms with Crippen LogP contribution < -0.4 is 5.32 Å². The second kappa shape index (κ2) is 6.81. The maximum absolute atomic E-state index is 12.6. The zero-order chi connectivity index (χ0) is 17.3. The molecule has 0 saturated carbocycles. The van der Waals surface area contributed by atoms with Gasteiger partial charge in [-0.3, -0.25) is 9.59 Å². The average molecular weight is 416 g/mol. The number of hydrogen-bond donors (Lipinski definition) is 1. The van der Waals surface area contributed by atoms with Gasteiger partial charge in [0.1, 0.15) is 6.04 Å². The van der Waals surface area contributed by atoms with E-state index in [1.165, 1.54) is 4.31 Å². The molecule has 0 bridgehead atoms. The van der Waals surface area contributed by atoms with E-state index >= 15 is 0 Å². The number of nitrogens with zero attached hydrogens (tertiary/aromatic N) is 2. The number of amides is 2. The molecule has 1 N–H and O–H groups in total. The normalized spacial score (nSPS) is 22.5. The molecule has 1 aromatic carbocycles. The number of carbonyl (C=O) groups excluding carboxylic acids is 2. The van der Waals surface area contributed by atoms with E-state index < -0.39 is 16.1 Å². The van der Waals surface area contributed by atoms with Gasteiger partial charge in [0.15, 0.2) is 0 Å². The SMILES string of the molecule is O=C1CC[C@H](C(=O)N2CCN(S(=O)(=O)c3ccc(Br)cc3)CC2)N1. The average Bonchev–Trinajstić information content (AvgIpc) is 3.01. The lowest BCUT2D eigenvalue weighted by atomic mass is 10.2. The first kappa shape index (κ1) is 17.4. The Balaban J connectivity index is 1.63. The molecule has 24 heavy (non-hydrogen) atoms. The molecule has 0 radical (unpaired) electrons.